The number of pyridine rings is 1. The van der Waals surface area contributed by atoms with Crippen LogP contribution in [-0.4, -0.2) is 57.9 Å². The van der Waals surface area contributed by atoms with Crippen LogP contribution in [-0.2, 0) is 10.8 Å². The van der Waals surface area contributed by atoms with E-state index >= 15 is 0 Å². The average molecular weight is 479 g/mol. The summed E-state index contributed by atoms with van der Waals surface area (Å²) >= 11 is 0. The van der Waals surface area contributed by atoms with E-state index in [2.05, 4.69) is 27.3 Å². The zero-order valence-electron chi connectivity index (χ0n) is 18.6. The van der Waals surface area contributed by atoms with Crippen LogP contribution in [0.2, 0.25) is 0 Å². The van der Waals surface area contributed by atoms with Crippen molar-refractivity contribution in [3.63, 3.8) is 0 Å². The number of aromatic nitrogens is 1. The van der Waals surface area contributed by atoms with E-state index in [9.17, 15) is 17.8 Å². The van der Waals surface area contributed by atoms with Crippen LogP contribution in [0.3, 0.4) is 0 Å². The van der Waals surface area contributed by atoms with Gasteiger partial charge in [-0.05, 0) is 51.4 Å². The van der Waals surface area contributed by atoms with Gasteiger partial charge in [-0.2, -0.15) is 8.78 Å². The maximum Gasteiger partial charge on any atom is 0.387 e. The minimum Gasteiger partial charge on any atom is -0.435 e. The van der Waals surface area contributed by atoms with Gasteiger partial charge >= 0.3 is 6.61 Å². The van der Waals surface area contributed by atoms with E-state index in [4.69, 9.17) is 5.41 Å². The van der Waals surface area contributed by atoms with Crippen molar-refractivity contribution < 1.29 is 22.5 Å². The Hall–Kier alpha value is -2.72. The standard InChI is InChI=1S/C18H17F2N3O2.C5H11NOS/c19-18(20)25-14-6-1-3-12(8-14)16(21)17-15(23-13-4-2-5-13)7-11(10-24)9-22-17;1-5(6-2)3-8(7)4-5/h1,3,6-10,13,18,21,23H,2,4-5H2;6H,3-4H2,1-2H3. The molecule has 7 nitrogen and oxygen atoms in total. The maximum atomic E-state index is 12.4. The first-order valence-corrected chi connectivity index (χ1v) is 12.1. The molecule has 178 valence electrons. The number of rotatable bonds is 8. The van der Waals surface area contributed by atoms with Crippen LogP contribution in [0.25, 0.3) is 0 Å². The van der Waals surface area contributed by atoms with Crippen molar-refractivity contribution in [3.05, 3.63) is 53.3 Å². The molecule has 2 heterocycles. The lowest BCUT2D eigenvalue weighted by atomic mass is 9.92. The van der Waals surface area contributed by atoms with E-state index in [1.54, 1.807) is 18.2 Å². The van der Waals surface area contributed by atoms with Gasteiger partial charge in [0.05, 0.1) is 11.4 Å². The number of hydrogen-bond donors (Lipinski definition) is 3. The predicted molar refractivity (Wildman–Crippen MR) is 125 cm³/mol. The molecule has 0 spiro atoms. The van der Waals surface area contributed by atoms with Gasteiger partial charge in [-0.1, -0.05) is 12.1 Å². The van der Waals surface area contributed by atoms with Crippen molar-refractivity contribution in [1.82, 2.24) is 10.3 Å². The van der Waals surface area contributed by atoms with Gasteiger partial charge in [-0.25, -0.2) is 0 Å². The van der Waals surface area contributed by atoms with Crippen molar-refractivity contribution in [2.45, 2.75) is 44.4 Å². The SMILES string of the molecule is CNC1(C)CS(=O)C1.N=C(c1cccc(OC(F)F)c1)c1ncc(C=O)cc1NC1CCC1. The van der Waals surface area contributed by atoms with Crippen molar-refractivity contribution in [2.24, 2.45) is 0 Å². The smallest absolute Gasteiger partial charge is 0.387 e. The number of nitrogens with zero attached hydrogens (tertiary/aromatic N) is 1. The van der Waals surface area contributed by atoms with Crippen molar-refractivity contribution in [3.8, 4) is 5.75 Å². The number of alkyl halides is 2. The van der Waals surface area contributed by atoms with Gasteiger partial charge in [0.2, 0.25) is 0 Å². The van der Waals surface area contributed by atoms with Crippen molar-refractivity contribution in [1.29, 1.82) is 5.41 Å². The molecule has 2 aliphatic rings. The molecular formula is C23H28F2N4O3S. The first-order chi connectivity index (χ1) is 15.7. The van der Waals surface area contributed by atoms with E-state index < -0.39 is 17.4 Å². The average Bonchev–Trinajstić information content (AvgIpc) is 2.75. The number of hydrogen-bond acceptors (Lipinski definition) is 7. The lowest BCUT2D eigenvalue weighted by molar-refractivity contribution is -0.0498. The van der Waals surface area contributed by atoms with Crippen LogP contribution in [0, 0.1) is 5.41 Å². The molecule has 0 radical (unpaired) electrons. The summed E-state index contributed by atoms with van der Waals surface area (Å²) in [6.45, 7) is -0.834. The fourth-order valence-electron chi connectivity index (χ4n) is 3.40. The molecular weight excluding hydrogens is 450 g/mol. The van der Waals surface area contributed by atoms with Gasteiger partial charge in [0.1, 0.15) is 11.4 Å². The van der Waals surface area contributed by atoms with Crippen LogP contribution in [0.1, 0.15) is 47.8 Å². The number of aldehydes is 1. The molecule has 0 atom stereocenters. The Morgan fingerprint density at radius 3 is 2.58 bits per heavy atom. The quantitative estimate of drug-likeness (QED) is 0.396. The monoisotopic (exact) mass is 478 g/mol. The molecule has 1 saturated carbocycles. The second-order valence-corrected chi connectivity index (χ2v) is 9.83. The normalized spacial score (nSPS) is 21.8. The van der Waals surface area contributed by atoms with E-state index in [-0.39, 0.29) is 17.0 Å². The Balaban J connectivity index is 0.000000323. The Labute approximate surface area is 194 Å². The first kappa shape index (κ1) is 24.9. The van der Waals surface area contributed by atoms with Gasteiger partial charge in [0, 0.05) is 51.2 Å². The summed E-state index contributed by atoms with van der Waals surface area (Å²) in [5, 5.41) is 14.8. The molecule has 4 rings (SSSR count). The Morgan fingerprint density at radius 1 is 1.33 bits per heavy atom. The number of benzene rings is 1. The number of halogens is 2. The molecule has 1 saturated heterocycles. The third-order valence-corrected chi connectivity index (χ3v) is 7.58. The first-order valence-electron chi connectivity index (χ1n) is 10.6. The molecule has 0 amide bonds. The van der Waals surface area contributed by atoms with Gasteiger partial charge in [-0.15, -0.1) is 0 Å². The summed E-state index contributed by atoms with van der Waals surface area (Å²) in [6.07, 6.45) is 5.27. The Morgan fingerprint density at radius 2 is 2.06 bits per heavy atom. The fraction of sp³-hybridized carbons (Fsp3) is 0.435. The van der Waals surface area contributed by atoms with Crippen molar-refractivity contribution >= 4 is 28.5 Å². The van der Waals surface area contributed by atoms with Crippen LogP contribution in [0.4, 0.5) is 14.5 Å². The summed E-state index contributed by atoms with van der Waals surface area (Å²) in [4.78, 5) is 15.2. The van der Waals surface area contributed by atoms with Crippen LogP contribution >= 0.6 is 0 Å². The van der Waals surface area contributed by atoms with E-state index in [0.717, 1.165) is 30.8 Å². The number of carbonyl (C=O) groups is 1. The predicted octanol–water partition coefficient (Wildman–Crippen LogP) is 3.60. The van der Waals surface area contributed by atoms with Gasteiger partial charge < -0.3 is 15.4 Å². The molecule has 2 aromatic rings. The highest BCUT2D eigenvalue weighted by atomic mass is 32.2. The molecule has 33 heavy (non-hydrogen) atoms. The number of anilines is 1. The molecule has 1 aliphatic heterocycles. The summed E-state index contributed by atoms with van der Waals surface area (Å²) < 4.78 is 39.7. The second-order valence-electron chi connectivity index (χ2n) is 8.38. The highest BCUT2D eigenvalue weighted by Crippen LogP contribution is 2.27. The highest BCUT2D eigenvalue weighted by molar-refractivity contribution is 7.86. The zero-order chi connectivity index (χ0) is 24.0. The minimum absolute atomic E-state index is 0.0183. The zero-order valence-corrected chi connectivity index (χ0v) is 19.4. The van der Waals surface area contributed by atoms with Crippen LogP contribution in [0.15, 0.2) is 36.5 Å². The maximum absolute atomic E-state index is 12.4. The number of carbonyl (C=O) groups excluding carboxylic acids is 1. The number of nitrogens with one attached hydrogen (secondary N) is 3. The van der Waals surface area contributed by atoms with Gasteiger partial charge in [-0.3, -0.25) is 19.4 Å². The molecule has 0 unspecified atom stereocenters. The summed E-state index contributed by atoms with van der Waals surface area (Å²) in [5.41, 5.74) is 2.03. The third kappa shape index (κ3) is 6.64. The molecule has 10 heteroatoms. The molecule has 0 bridgehead atoms. The minimum atomic E-state index is -2.93. The van der Waals surface area contributed by atoms with Crippen LogP contribution < -0.4 is 15.4 Å². The largest absolute Gasteiger partial charge is 0.435 e. The highest BCUT2D eigenvalue weighted by Gasteiger charge is 2.36. The summed E-state index contributed by atoms with van der Waals surface area (Å²) in [7, 11) is 1.39. The molecule has 1 aliphatic carbocycles. The Bertz CT molecular complexity index is 1020. The topological polar surface area (TPSA) is 104 Å². The lowest BCUT2D eigenvalue weighted by Gasteiger charge is -2.36. The second kappa shape index (κ2) is 10.9. The van der Waals surface area contributed by atoms with E-state index in [0.29, 0.717) is 34.8 Å². The molecule has 3 N–H and O–H groups in total. The Kier molecular flexibility index (Phi) is 8.25. The third-order valence-electron chi connectivity index (χ3n) is 5.66. The van der Waals surface area contributed by atoms with Crippen LogP contribution in [0.5, 0.6) is 5.75 Å². The lowest BCUT2D eigenvalue weighted by Crippen LogP contribution is -2.58. The number of ether oxygens (including phenoxy) is 1. The molecule has 1 aromatic heterocycles. The van der Waals surface area contributed by atoms with Crippen molar-refractivity contribution in [2.75, 3.05) is 23.9 Å². The van der Waals surface area contributed by atoms with Gasteiger partial charge in [0.25, 0.3) is 0 Å². The van der Waals surface area contributed by atoms with E-state index in [1.807, 2.05) is 7.05 Å². The molecule has 2 fully saturated rings. The molecule has 1 aromatic carbocycles. The van der Waals surface area contributed by atoms with E-state index in [1.165, 1.54) is 18.3 Å². The fourth-order valence-corrected chi connectivity index (χ4v) is 5.03. The summed E-state index contributed by atoms with van der Waals surface area (Å²) in [6, 6.07) is 7.89. The van der Waals surface area contributed by atoms with Gasteiger partial charge in [0.15, 0.2) is 6.29 Å². The summed E-state index contributed by atoms with van der Waals surface area (Å²) in [5.74, 6) is 1.63.